The van der Waals surface area contributed by atoms with E-state index < -0.39 is 0 Å². The van der Waals surface area contributed by atoms with E-state index in [0.717, 1.165) is 22.2 Å². The Hall–Kier alpha value is -3.13. The molecule has 3 aromatic carbocycles. The number of anilines is 1. The molecule has 4 nitrogen and oxygen atoms in total. The number of benzene rings is 3. The van der Waals surface area contributed by atoms with Crippen LogP contribution in [0.15, 0.2) is 77.8 Å². The summed E-state index contributed by atoms with van der Waals surface area (Å²) in [6.45, 7) is 2.76. The van der Waals surface area contributed by atoms with Gasteiger partial charge in [-0.1, -0.05) is 59.8 Å². The number of fused-ring (bicyclic) bond motifs is 1. The molecule has 8 heteroatoms. The molecule has 1 fully saturated rings. The summed E-state index contributed by atoms with van der Waals surface area (Å²) in [5.74, 6) is 0.200. The van der Waals surface area contributed by atoms with E-state index >= 15 is 0 Å². The minimum absolute atomic E-state index is 0.182. The summed E-state index contributed by atoms with van der Waals surface area (Å²) in [6, 6.07) is 19.8. The number of thiocarbonyl (C=S) groups is 1. The summed E-state index contributed by atoms with van der Waals surface area (Å²) in [4.78, 5) is 15.4. The maximum Gasteiger partial charge on any atom is 0.270 e. The Labute approximate surface area is 216 Å². The van der Waals surface area contributed by atoms with Crippen molar-refractivity contribution in [2.24, 2.45) is 0 Å². The number of nitrogens with zero attached hydrogens (tertiary/aromatic N) is 2. The van der Waals surface area contributed by atoms with Crippen LogP contribution in [0.3, 0.4) is 0 Å². The van der Waals surface area contributed by atoms with Crippen LogP contribution in [-0.2, 0) is 11.3 Å². The third-order valence-electron chi connectivity index (χ3n) is 5.70. The standard InChI is InChI=1S/C27H20ClFN2O2S2/c1-2-33-19-12-10-18(11-13-19)31-26(32)25(35-27(31)34)14-17-15-30(24-9-4-3-6-20(17)24)16-21-22(28)7-5-8-23(21)29/h3-15H,2,16H2,1H3/b25-14+. The van der Waals surface area contributed by atoms with E-state index in [2.05, 4.69) is 0 Å². The predicted octanol–water partition coefficient (Wildman–Crippen LogP) is 7.29. The molecule has 1 saturated heterocycles. The Bertz CT molecular complexity index is 1460. The zero-order valence-corrected chi connectivity index (χ0v) is 21.1. The molecule has 4 aromatic rings. The fourth-order valence-corrected chi connectivity index (χ4v) is 5.58. The highest BCUT2D eigenvalue weighted by Crippen LogP contribution is 2.38. The Morgan fingerprint density at radius 3 is 2.60 bits per heavy atom. The first-order valence-electron chi connectivity index (χ1n) is 11.0. The highest BCUT2D eigenvalue weighted by atomic mass is 35.5. The highest BCUT2D eigenvalue weighted by molar-refractivity contribution is 8.27. The number of para-hydroxylation sites is 1. The second-order valence-corrected chi connectivity index (χ2v) is 9.96. The Morgan fingerprint density at radius 2 is 1.86 bits per heavy atom. The predicted molar refractivity (Wildman–Crippen MR) is 146 cm³/mol. The number of hydrogen-bond donors (Lipinski definition) is 0. The van der Waals surface area contributed by atoms with Crippen LogP contribution in [0.1, 0.15) is 18.1 Å². The number of amides is 1. The number of hydrogen-bond acceptors (Lipinski definition) is 4. The van der Waals surface area contributed by atoms with Crippen molar-refractivity contribution < 1.29 is 13.9 Å². The van der Waals surface area contributed by atoms with Crippen molar-refractivity contribution >= 4 is 68.5 Å². The van der Waals surface area contributed by atoms with Crippen molar-refractivity contribution in [2.45, 2.75) is 13.5 Å². The zero-order valence-electron chi connectivity index (χ0n) is 18.7. The molecule has 2 heterocycles. The first kappa shape index (κ1) is 23.6. The van der Waals surface area contributed by atoms with Crippen LogP contribution in [0, 0.1) is 5.82 Å². The lowest BCUT2D eigenvalue weighted by atomic mass is 10.1. The van der Waals surface area contributed by atoms with Gasteiger partial charge in [-0.05, 0) is 55.5 Å². The van der Waals surface area contributed by atoms with Crippen LogP contribution in [0.2, 0.25) is 5.02 Å². The molecular formula is C27H20ClFN2O2S2. The van der Waals surface area contributed by atoms with Gasteiger partial charge in [-0.2, -0.15) is 0 Å². The molecule has 5 rings (SSSR count). The topological polar surface area (TPSA) is 34.5 Å². The maximum absolute atomic E-state index is 14.5. The largest absolute Gasteiger partial charge is 0.494 e. The fraction of sp³-hybridized carbons (Fsp3) is 0.111. The summed E-state index contributed by atoms with van der Waals surface area (Å²) in [5.41, 5.74) is 2.87. The summed E-state index contributed by atoms with van der Waals surface area (Å²) in [6.07, 6.45) is 3.76. The van der Waals surface area contributed by atoms with Crippen molar-refractivity contribution in [3.8, 4) is 5.75 Å². The average molecular weight is 523 g/mol. The number of carbonyl (C=O) groups is 1. The summed E-state index contributed by atoms with van der Waals surface area (Å²) in [5, 5.41) is 1.33. The smallest absolute Gasteiger partial charge is 0.270 e. The molecule has 35 heavy (non-hydrogen) atoms. The van der Waals surface area contributed by atoms with Gasteiger partial charge in [-0.15, -0.1) is 0 Å². The maximum atomic E-state index is 14.5. The lowest BCUT2D eigenvalue weighted by Gasteiger charge is -2.15. The molecule has 176 valence electrons. The minimum Gasteiger partial charge on any atom is -0.494 e. The van der Waals surface area contributed by atoms with E-state index in [1.807, 2.05) is 72.3 Å². The van der Waals surface area contributed by atoms with Gasteiger partial charge in [0.05, 0.1) is 23.7 Å². The summed E-state index contributed by atoms with van der Waals surface area (Å²) >= 11 is 13.1. The first-order chi connectivity index (χ1) is 17.0. The molecule has 0 unspecified atom stereocenters. The Kier molecular flexibility index (Phi) is 6.65. The molecule has 0 atom stereocenters. The Balaban J connectivity index is 1.49. The van der Waals surface area contributed by atoms with Crippen LogP contribution in [0.4, 0.5) is 10.1 Å². The SMILES string of the molecule is CCOc1ccc(N2C(=O)/C(=C\c3cn(Cc4c(F)cccc4Cl)c4ccccc34)SC2=S)cc1. The molecule has 1 aliphatic rings. The molecule has 0 spiro atoms. The number of aromatic nitrogens is 1. The average Bonchev–Trinajstić information content (AvgIpc) is 3.33. The molecule has 0 bridgehead atoms. The van der Waals surface area contributed by atoms with Crippen LogP contribution < -0.4 is 9.64 Å². The van der Waals surface area contributed by atoms with Crippen molar-refractivity contribution in [3.05, 3.63) is 99.8 Å². The number of thioether (sulfide) groups is 1. The van der Waals surface area contributed by atoms with Crippen LogP contribution in [0.5, 0.6) is 5.75 Å². The highest BCUT2D eigenvalue weighted by Gasteiger charge is 2.33. The fourth-order valence-electron chi connectivity index (χ4n) is 4.06. The van der Waals surface area contributed by atoms with E-state index in [9.17, 15) is 9.18 Å². The van der Waals surface area contributed by atoms with Crippen LogP contribution in [0.25, 0.3) is 17.0 Å². The van der Waals surface area contributed by atoms with Crippen LogP contribution >= 0.6 is 35.6 Å². The van der Waals surface area contributed by atoms with Crippen molar-refractivity contribution in [2.75, 3.05) is 11.5 Å². The van der Waals surface area contributed by atoms with E-state index in [4.69, 9.17) is 28.6 Å². The van der Waals surface area contributed by atoms with Gasteiger partial charge < -0.3 is 9.30 Å². The normalized spacial score (nSPS) is 14.9. The minimum atomic E-state index is -0.354. The van der Waals surface area contributed by atoms with Gasteiger partial charge in [0.1, 0.15) is 11.6 Å². The van der Waals surface area contributed by atoms with E-state index in [0.29, 0.717) is 32.1 Å². The second kappa shape index (κ2) is 9.85. The summed E-state index contributed by atoms with van der Waals surface area (Å²) in [7, 11) is 0. The van der Waals surface area contributed by atoms with Crippen LogP contribution in [-0.4, -0.2) is 21.4 Å². The third kappa shape index (κ3) is 4.59. The molecule has 0 radical (unpaired) electrons. The molecule has 1 aliphatic heterocycles. The van der Waals surface area contributed by atoms with E-state index in [-0.39, 0.29) is 18.3 Å². The quantitative estimate of drug-likeness (QED) is 0.197. The van der Waals surface area contributed by atoms with Gasteiger partial charge in [-0.3, -0.25) is 9.69 Å². The van der Waals surface area contributed by atoms with Crippen molar-refractivity contribution in [1.82, 2.24) is 4.57 Å². The van der Waals surface area contributed by atoms with Gasteiger partial charge in [0.15, 0.2) is 4.32 Å². The molecule has 1 aromatic heterocycles. The van der Waals surface area contributed by atoms with Gasteiger partial charge in [0.2, 0.25) is 0 Å². The first-order valence-corrected chi connectivity index (χ1v) is 12.6. The zero-order chi connectivity index (χ0) is 24.5. The van der Waals surface area contributed by atoms with Gasteiger partial charge in [-0.25, -0.2) is 4.39 Å². The molecule has 0 saturated carbocycles. The number of rotatable bonds is 6. The number of ether oxygens (including phenoxy) is 1. The monoisotopic (exact) mass is 522 g/mol. The molecular weight excluding hydrogens is 503 g/mol. The summed E-state index contributed by atoms with van der Waals surface area (Å²) < 4.78 is 22.4. The molecule has 0 N–H and O–H groups in total. The second-order valence-electron chi connectivity index (χ2n) is 7.87. The number of carbonyl (C=O) groups excluding carboxylic acids is 1. The van der Waals surface area contributed by atoms with Gasteiger partial charge in [0, 0.05) is 33.2 Å². The van der Waals surface area contributed by atoms with Crippen molar-refractivity contribution in [1.29, 1.82) is 0 Å². The van der Waals surface area contributed by atoms with Gasteiger partial charge in [0.25, 0.3) is 5.91 Å². The molecule has 1 amide bonds. The Morgan fingerprint density at radius 1 is 1.09 bits per heavy atom. The third-order valence-corrected chi connectivity index (χ3v) is 7.35. The molecule has 0 aliphatic carbocycles. The van der Waals surface area contributed by atoms with E-state index in [1.54, 1.807) is 12.1 Å². The van der Waals surface area contributed by atoms with Crippen molar-refractivity contribution in [3.63, 3.8) is 0 Å². The number of halogens is 2. The lowest BCUT2D eigenvalue weighted by molar-refractivity contribution is -0.113. The lowest BCUT2D eigenvalue weighted by Crippen LogP contribution is -2.27. The van der Waals surface area contributed by atoms with Gasteiger partial charge >= 0.3 is 0 Å². The van der Waals surface area contributed by atoms with E-state index in [1.165, 1.54) is 22.7 Å².